The Morgan fingerprint density at radius 1 is 1.40 bits per heavy atom. The Balaban J connectivity index is 4.12. The number of rotatable bonds is 11. The van der Waals surface area contributed by atoms with Gasteiger partial charge in [0.05, 0.1) is 6.61 Å². The summed E-state index contributed by atoms with van der Waals surface area (Å²) in [5.41, 5.74) is 0.959. The Hall–Kier alpha value is -1.55. The summed E-state index contributed by atoms with van der Waals surface area (Å²) >= 11 is 0. The topological polar surface area (TPSA) is 47.6 Å². The predicted octanol–water partition coefficient (Wildman–Crippen LogP) is 2.97. The van der Waals surface area contributed by atoms with Gasteiger partial charge in [-0.15, -0.1) is 0 Å². The third-order valence-electron chi connectivity index (χ3n) is 2.51. The molecule has 0 aromatic rings. The zero-order chi connectivity index (χ0) is 15.2. The third-order valence-corrected chi connectivity index (χ3v) is 2.51. The molecule has 0 fully saturated rings. The SMILES string of the molecule is C=C(/C=C\C=C(/COC)OCCCC)CCNC(C)=O. The van der Waals surface area contributed by atoms with Gasteiger partial charge < -0.3 is 14.8 Å². The van der Waals surface area contributed by atoms with Gasteiger partial charge in [-0.2, -0.15) is 0 Å². The maximum absolute atomic E-state index is 10.7. The van der Waals surface area contributed by atoms with Crippen LogP contribution in [0, 0.1) is 0 Å². The molecule has 4 nitrogen and oxygen atoms in total. The van der Waals surface area contributed by atoms with E-state index in [0.29, 0.717) is 19.8 Å². The molecule has 0 unspecified atom stereocenters. The number of nitrogens with one attached hydrogen (secondary N) is 1. The number of methoxy groups -OCH3 is 1. The molecule has 114 valence electrons. The normalized spacial score (nSPS) is 11.7. The Labute approximate surface area is 122 Å². The van der Waals surface area contributed by atoms with Crippen LogP contribution >= 0.6 is 0 Å². The molecule has 20 heavy (non-hydrogen) atoms. The lowest BCUT2D eigenvalue weighted by Gasteiger charge is -2.08. The molecule has 0 saturated heterocycles. The van der Waals surface area contributed by atoms with E-state index in [9.17, 15) is 4.79 Å². The Bertz CT molecular complexity index is 346. The number of amides is 1. The van der Waals surface area contributed by atoms with Crippen LogP contribution in [0.5, 0.6) is 0 Å². The van der Waals surface area contributed by atoms with E-state index >= 15 is 0 Å². The molecular formula is C16H27NO3. The van der Waals surface area contributed by atoms with E-state index in [4.69, 9.17) is 9.47 Å². The van der Waals surface area contributed by atoms with Crippen molar-refractivity contribution in [3.05, 3.63) is 36.1 Å². The lowest BCUT2D eigenvalue weighted by atomic mass is 10.2. The zero-order valence-electron chi connectivity index (χ0n) is 12.9. The van der Waals surface area contributed by atoms with Crippen molar-refractivity contribution in [1.29, 1.82) is 0 Å². The second-order valence-electron chi connectivity index (χ2n) is 4.52. The molecule has 4 heteroatoms. The van der Waals surface area contributed by atoms with E-state index in [-0.39, 0.29) is 5.91 Å². The number of unbranched alkanes of at least 4 members (excludes halogenated alkanes) is 1. The second kappa shape index (κ2) is 12.5. The summed E-state index contributed by atoms with van der Waals surface area (Å²) in [6, 6.07) is 0. The van der Waals surface area contributed by atoms with E-state index in [2.05, 4.69) is 18.8 Å². The maximum atomic E-state index is 10.7. The molecule has 0 aliphatic carbocycles. The van der Waals surface area contributed by atoms with Crippen LogP contribution in [-0.4, -0.2) is 32.8 Å². The summed E-state index contributed by atoms with van der Waals surface area (Å²) in [6.45, 7) is 9.35. The average molecular weight is 281 g/mol. The first-order chi connectivity index (χ1) is 9.60. The zero-order valence-corrected chi connectivity index (χ0v) is 12.9. The predicted molar refractivity (Wildman–Crippen MR) is 82.4 cm³/mol. The van der Waals surface area contributed by atoms with Crippen molar-refractivity contribution < 1.29 is 14.3 Å². The summed E-state index contributed by atoms with van der Waals surface area (Å²) < 4.78 is 10.7. The molecule has 1 amide bonds. The number of hydrogen-bond acceptors (Lipinski definition) is 3. The molecule has 0 radical (unpaired) electrons. The smallest absolute Gasteiger partial charge is 0.216 e. The number of hydrogen-bond donors (Lipinski definition) is 1. The number of carbonyl (C=O) groups excluding carboxylic acids is 1. The van der Waals surface area contributed by atoms with Crippen molar-refractivity contribution in [2.75, 3.05) is 26.9 Å². The Kier molecular flexibility index (Phi) is 11.5. The number of ether oxygens (including phenoxy) is 2. The van der Waals surface area contributed by atoms with Crippen LogP contribution in [-0.2, 0) is 14.3 Å². The van der Waals surface area contributed by atoms with E-state index in [1.54, 1.807) is 7.11 Å². The van der Waals surface area contributed by atoms with Crippen LogP contribution in [0.4, 0.5) is 0 Å². The van der Waals surface area contributed by atoms with Crippen LogP contribution in [0.3, 0.4) is 0 Å². The molecule has 0 bridgehead atoms. The highest BCUT2D eigenvalue weighted by atomic mass is 16.5. The monoisotopic (exact) mass is 281 g/mol. The Morgan fingerprint density at radius 3 is 2.75 bits per heavy atom. The van der Waals surface area contributed by atoms with Gasteiger partial charge in [0.25, 0.3) is 0 Å². The molecular weight excluding hydrogens is 254 g/mol. The summed E-state index contributed by atoms with van der Waals surface area (Å²) in [5, 5.41) is 2.74. The van der Waals surface area contributed by atoms with Gasteiger partial charge in [-0.05, 0) is 18.9 Å². The average Bonchev–Trinajstić information content (AvgIpc) is 2.38. The first-order valence-electron chi connectivity index (χ1n) is 7.01. The molecule has 0 aliphatic heterocycles. The van der Waals surface area contributed by atoms with Gasteiger partial charge >= 0.3 is 0 Å². The lowest BCUT2D eigenvalue weighted by Crippen LogP contribution is -2.20. The number of allylic oxidation sites excluding steroid dienone is 3. The molecule has 1 N–H and O–H groups in total. The number of carbonyl (C=O) groups is 1. The highest BCUT2D eigenvalue weighted by molar-refractivity contribution is 5.72. The fourth-order valence-electron chi connectivity index (χ4n) is 1.40. The molecule has 0 atom stereocenters. The molecule has 0 rings (SSSR count). The van der Waals surface area contributed by atoms with Crippen molar-refractivity contribution in [1.82, 2.24) is 5.32 Å². The van der Waals surface area contributed by atoms with Gasteiger partial charge in [0.2, 0.25) is 5.91 Å². The van der Waals surface area contributed by atoms with E-state index < -0.39 is 0 Å². The van der Waals surface area contributed by atoms with Crippen LogP contribution in [0.1, 0.15) is 33.1 Å². The minimum atomic E-state index is -0.0200. The van der Waals surface area contributed by atoms with Crippen LogP contribution in [0.2, 0.25) is 0 Å². The lowest BCUT2D eigenvalue weighted by molar-refractivity contribution is -0.118. The van der Waals surface area contributed by atoms with Gasteiger partial charge in [-0.1, -0.05) is 37.6 Å². The summed E-state index contributed by atoms with van der Waals surface area (Å²) in [4.78, 5) is 10.7. The van der Waals surface area contributed by atoms with Gasteiger partial charge in [-0.3, -0.25) is 4.79 Å². The molecule has 0 heterocycles. The van der Waals surface area contributed by atoms with Gasteiger partial charge in [0.1, 0.15) is 12.4 Å². The van der Waals surface area contributed by atoms with Crippen LogP contribution < -0.4 is 5.32 Å². The minimum absolute atomic E-state index is 0.0200. The van der Waals surface area contributed by atoms with Crippen molar-refractivity contribution >= 4 is 5.91 Å². The fraction of sp³-hybridized carbons (Fsp3) is 0.562. The van der Waals surface area contributed by atoms with Crippen molar-refractivity contribution in [2.45, 2.75) is 33.1 Å². The quantitative estimate of drug-likeness (QED) is 0.360. The van der Waals surface area contributed by atoms with Crippen LogP contribution in [0.15, 0.2) is 36.1 Å². The van der Waals surface area contributed by atoms with Crippen molar-refractivity contribution in [2.24, 2.45) is 0 Å². The van der Waals surface area contributed by atoms with Crippen molar-refractivity contribution in [3.63, 3.8) is 0 Å². The molecule has 0 aromatic heterocycles. The van der Waals surface area contributed by atoms with Crippen molar-refractivity contribution in [3.8, 4) is 0 Å². The van der Waals surface area contributed by atoms with E-state index in [1.165, 1.54) is 6.92 Å². The third kappa shape index (κ3) is 11.5. The minimum Gasteiger partial charge on any atom is -0.495 e. The highest BCUT2D eigenvalue weighted by Crippen LogP contribution is 2.04. The summed E-state index contributed by atoms with van der Waals surface area (Å²) in [6.07, 6.45) is 8.59. The molecule has 0 saturated carbocycles. The first-order valence-corrected chi connectivity index (χ1v) is 7.01. The summed E-state index contributed by atoms with van der Waals surface area (Å²) in [5.74, 6) is 0.792. The second-order valence-corrected chi connectivity index (χ2v) is 4.52. The summed E-state index contributed by atoms with van der Waals surface area (Å²) in [7, 11) is 1.65. The van der Waals surface area contributed by atoms with E-state index in [1.807, 2.05) is 18.2 Å². The van der Waals surface area contributed by atoms with Gasteiger partial charge in [0.15, 0.2) is 0 Å². The van der Waals surface area contributed by atoms with E-state index in [0.717, 1.165) is 30.6 Å². The largest absolute Gasteiger partial charge is 0.495 e. The molecule has 0 spiro atoms. The molecule has 0 aromatic carbocycles. The first kappa shape index (κ1) is 18.4. The Morgan fingerprint density at radius 2 is 2.15 bits per heavy atom. The standard InChI is InChI=1S/C16H27NO3/c1-5-6-12-20-16(13-19-4)9-7-8-14(2)10-11-17-15(3)18/h7-9H,2,5-6,10-13H2,1,3-4H3,(H,17,18)/b8-7-,16-9+. The maximum Gasteiger partial charge on any atom is 0.216 e. The molecule has 0 aliphatic rings. The fourth-order valence-corrected chi connectivity index (χ4v) is 1.40. The highest BCUT2D eigenvalue weighted by Gasteiger charge is 1.96. The van der Waals surface area contributed by atoms with Crippen LogP contribution in [0.25, 0.3) is 0 Å². The van der Waals surface area contributed by atoms with Gasteiger partial charge in [-0.25, -0.2) is 0 Å². The van der Waals surface area contributed by atoms with Gasteiger partial charge in [0, 0.05) is 20.6 Å².